The van der Waals surface area contributed by atoms with Crippen molar-refractivity contribution in [3.63, 3.8) is 0 Å². The normalized spacial score (nSPS) is 12.8. The van der Waals surface area contributed by atoms with E-state index in [1.165, 1.54) is 0 Å². The molecule has 0 aromatic carbocycles. The molecular formula is C6H12N2. The molecule has 0 aromatic rings. The fraction of sp³-hybridized carbons (Fsp3) is 0.333. The zero-order valence-electron chi connectivity index (χ0n) is 5.31. The van der Waals surface area contributed by atoms with E-state index in [9.17, 15) is 0 Å². The quantitative estimate of drug-likeness (QED) is 0.491. The maximum absolute atomic E-state index is 2.86. The first kappa shape index (κ1) is 7.08. The molecule has 2 heteroatoms. The van der Waals surface area contributed by atoms with Crippen molar-refractivity contribution in [2.24, 2.45) is 0 Å². The lowest BCUT2D eigenvalue weighted by Crippen LogP contribution is -2.05. The Labute approximate surface area is 50.3 Å². The average Bonchev–Trinajstić information content (AvgIpc) is 1.96. The van der Waals surface area contributed by atoms with E-state index in [4.69, 9.17) is 0 Å². The first-order valence-corrected chi connectivity index (χ1v) is 2.82. The molecule has 0 amide bonds. The van der Waals surface area contributed by atoms with E-state index in [0.717, 1.165) is 0 Å². The molecular weight excluding hydrogens is 100 g/mol. The minimum Gasteiger partial charge on any atom is -0.365 e. The van der Waals surface area contributed by atoms with E-state index in [-0.39, 0.29) is 0 Å². The van der Waals surface area contributed by atoms with E-state index >= 15 is 0 Å². The molecule has 0 fully saturated rings. The molecule has 0 atom stereocenters. The van der Waals surface area contributed by atoms with Gasteiger partial charge in [-0.1, -0.05) is 13.8 Å². The van der Waals surface area contributed by atoms with Crippen LogP contribution in [0.2, 0.25) is 0 Å². The Morgan fingerprint density at radius 1 is 0.750 bits per heavy atom. The number of rotatable bonds is 0. The molecule has 2 nitrogen and oxygen atoms in total. The maximum atomic E-state index is 2.86. The molecule has 1 heterocycles. The topological polar surface area (TPSA) is 24.1 Å². The van der Waals surface area contributed by atoms with E-state index in [1.807, 2.05) is 38.6 Å². The molecule has 46 valence electrons. The molecule has 1 aliphatic rings. The molecule has 0 saturated heterocycles. The summed E-state index contributed by atoms with van der Waals surface area (Å²) in [4.78, 5) is 0. The van der Waals surface area contributed by atoms with Gasteiger partial charge >= 0.3 is 0 Å². The summed E-state index contributed by atoms with van der Waals surface area (Å²) < 4.78 is 0. The van der Waals surface area contributed by atoms with Gasteiger partial charge in [-0.3, -0.25) is 0 Å². The highest BCUT2D eigenvalue weighted by molar-refractivity contribution is 4.95. The minimum absolute atomic E-state index is 1.82. The molecule has 0 saturated carbocycles. The molecule has 1 aliphatic heterocycles. The Hall–Kier alpha value is -0.920. The van der Waals surface area contributed by atoms with Crippen LogP contribution in [0.5, 0.6) is 0 Å². The van der Waals surface area contributed by atoms with Gasteiger partial charge in [-0.2, -0.15) is 0 Å². The first-order valence-electron chi connectivity index (χ1n) is 2.82. The summed E-state index contributed by atoms with van der Waals surface area (Å²) in [6, 6.07) is 0. The Balaban J connectivity index is 0.000000222. The summed E-state index contributed by atoms with van der Waals surface area (Å²) in [5, 5.41) is 5.72. The summed E-state index contributed by atoms with van der Waals surface area (Å²) in [5.41, 5.74) is 0. The largest absolute Gasteiger partial charge is 0.365 e. The van der Waals surface area contributed by atoms with Crippen LogP contribution in [-0.2, 0) is 0 Å². The summed E-state index contributed by atoms with van der Waals surface area (Å²) >= 11 is 0. The van der Waals surface area contributed by atoms with E-state index in [2.05, 4.69) is 10.6 Å². The van der Waals surface area contributed by atoms with Crippen molar-refractivity contribution < 1.29 is 0 Å². The Bertz CT molecular complexity index is 64.5. The minimum atomic E-state index is 1.82. The second kappa shape index (κ2) is 6.08. The maximum Gasteiger partial charge on any atom is 0.0167 e. The van der Waals surface area contributed by atoms with Crippen LogP contribution in [0.15, 0.2) is 24.8 Å². The van der Waals surface area contributed by atoms with Gasteiger partial charge in [-0.25, -0.2) is 0 Å². The monoisotopic (exact) mass is 112 g/mol. The molecule has 8 heavy (non-hydrogen) atoms. The van der Waals surface area contributed by atoms with Gasteiger partial charge in [0.1, 0.15) is 0 Å². The molecule has 0 aliphatic carbocycles. The highest BCUT2D eigenvalue weighted by atomic mass is 14.9. The lowest BCUT2D eigenvalue weighted by molar-refractivity contribution is 1.04. The molecule has 1 rings (SSSR count). The number of hydrogen-bond acceptors (Lipinski definition) is 2. The van der Waals surface area contributed by atoms with Crippen LogP contribution in [0.4, 0.5) is 0 Å². The standard InChI is InChI=1S/C4H6N2.C2H6/c1-2-6-4-3-5-1;1-2/h1-6H;1-2H3. The Kier molecular flexibility index (Phi) is 5.38. The zero-order chi connectivity index (χ0) is 6.24. The van der Waals surface area contributed by atoms with Crippen LogP contribution in [-0.4, -0.2) is 0 Å². The van der Waals surface area contributed by atoms with Gasteiger partial charge in [0.25, 0.3) is 0 Å². The van der Waals surface area contributed by atoms with Gasteiger partial charge in [-0.05, 0) is 0 Å². The van der Waals surface area contributed by atoms with E-state index < -0.39 is 0 Å². The second-order valence-corrected chi connectivity index (χ2v) is 1.00. The van der Waals surface area contributed by atoms with Gasteiger partial charge < -0.3 is 10.6 Å². The predicted molar refractivity (Wildman–Crippen MR) is 35.9 cm³/mol. The van der Waals surface area contributed by atoms with Crippen molar-refractivity contribution in [3.05, 3.63) is 24.8 Å². The third-order valence-corrected chi connectivity index (χ3v) is 0.552. The predicted octanol–water partition coefficient (Wildman–Crippen LogP) is 1.15. The zero-order valence-corrected chi connectivity index (χ0v) is 5.31. The van der Waals surface area contributed by atoms with Crippen molar-refractivity contribution in [1.82, 2.24) is 10.6 Å². The van der Waals surface area contributed by atoms with Gasteiger partial charge in [-0.15, -0.1) is 0 Å². The smallest absolute Gasteiger partial charge is 0.0167 e. The fourth-order valence-corrected chi connectivity index (χ4v) is 0.304. The number of hydrogen-bond donors (Lipinski definition) is 2. The first-order chi connectivity index (χ1) is 4.00. The Morgan fingerprint density at radius 3 is 1.12 bits per heavy atom. The third-order valence-electron chi connectivity index (χ3n) is 0.552. The van der Waals surface area contributed by atoms with Crippen molar-refractivity contribution in [1.29, 1.82) is 0 Å². The third kappa shape index (κ3) is 3.28. The summed E-state index contributed by atoms with van der Waals surface area (Å²) in [6.07, 6.45) is 7.28. The summed E-state index contributed by atoms with van der Waals surface area (Å²) in [7, 11) is 0. The van der Waals surface area contributed by atoms with Crippen LogP contribution in [0.3, 0.4) is 0 Å². The SMILES string of the molecule is C1=CNC=CN1.CC. The lowest BCUT2D eigenvalue weighted by Gasteiger charge is -1.95. The van der Waals surface area contributed by atoms with Crippen molar-refractivity contribution >= 4 is 0 Å². The van der Waals surface area contributed by atoms with Crippen LogP contribution in [0.1, 0.15) is 13.8 Å². The van der Waals surface area contributed by atoms with Crippen LogP contribution in [0.25, 0.3) is 0 Å². The Morgan fingerprint density at radius 2 is 1.00 bits per heavy atom. The molecule has 0 spiro atoms. The fourth-order valence-electron chi connectivity index (χ4n) is 0.304. The number of nitrogens with one attached hydrogen (secondary N) is 2. The van der Waals surface area contributed by atoms with E-state index in [0.29, 0.717) is 0 Å². The van der Waals surface area contributed by atoms with Gasteiger partial charge in [0.05, 0.1) is 0 Å². The van der Waals surface area contributed by atoms with Crippen molar-refractivity contribution in [3.8, 4) is 0 Å². The average molecular weight is 112 g/mol. The molecule has 0 aromatic heterocycles. The van der Waals surface area contributed by atoms with Crippen LogP contribution >= 0.6 is 0 Å². The van der Waals surface area contributed by atoms with Crippen molar-refractivity contribution in [2.45, 2.75) is 13.8 Å². The van der Waals surface area contributed by atoms with Crippen molar-refractivity contribution in [2.75, 3.05) is 0 Å². The second-order valence-electron chi connectivity index (χ2n) is 1.00. The molecule has 0 bridgehead atoms. The highest BCUT2D eigenvalue weighted by Crippen LogP contribution is 1.70. The van der Waals surface area contributed by atoms with Crippen LogP contribution in [0, 0.1) is 0 Å². The lowest BCUT2D eigenvalue weighted by atomic mass is 10.7. The van der Waals surface area contributed by atoms with Gasteiger partial charge in [0.15, 0.2) is 0 Å². The highest BCUT2D eigenvalue weighted by Gasteiger charge is 1.70. The summed E-state index contributed by atoms with van der Waals surface area (Å²) in [6.45, 7) is 4.00. The molecule has 0 unspecified atom stereocenters. The van der Waals surface area contributed by atoms with Gasteiger partial charge in [0, 0.05) is 24.8 Å². The van der Waals surface area contributed by atoms with Gasteiger partial charge in [0.2, 0.25) is 0 Å². The molecule has 2 N–H and O–H groups in total. The van der Waals surface area contributed by atoms with Crippen LogP contribution < -0.4 is 10.6 Å². The molecule has 0 radical (unpaired) electrons. The summed E-state index contributed by atoms with van der Waals surface area (Å²) in [5.74, 6) is 0. The van der Waals surface area contributed by atoms with E-state index in [1.54, 1.807) is 0 Å².